The summed E-state index contributed by atoms with van der Waals surface area (Å²) in [6, 6.07) is 8.37. The Hall–Kier alpha value is -3.99. The van der Waals surface area contributed by atoms with E-state index in [4.69, 9.17) is 11.6 Å². The first-order valence-corrected chi connectivity index (χ1v) is 8.41. The van der Waals surface area contributed by atoms with Gasteiger partial charge < -0.3 is 20.4 Å². The van der Waals surface area contributed by atoms with Crippen LogP contribution < -0.4 is 11.0 Å². The zero-order chi connectivity index (χ0) is 21.1. The summed E-state index contributed by atoms with van der Waals surface area (Å²) in [5, 5.41) is 30.9. The predicted molar refractivity (Wildman–Crippen MR) is 106 cm³/mol. The van der Waals surface area contributed by atoms with Gasteiger partial charge in [-0.05, 0) is 37.3 Å². The molecule has 0 spiro atoms. The molecule has 148 valence electrons. The van der Waals surface area contributed by atoms with Gasteiger partial charge in [0, 0.05) is 16.8 Å². The average Bonchev–Trinajstić information content (AvgIpc) is 3.01. The number of fused-ring (bicyclic) bond motifs is 1. The van der Waals surface area contributed by atoms with Crippen molar-refractivity contribution < 1.29 is 14.8 Å². The number of amides is 1. The van der Waals surface area contributed by atoms with Gasteiger partial charge in [0.2, 0.25) is 0 Å². The monoisotopic (exact) mass is 416 g/mol. The lowest BCUT2D eigenvalue weighted by Gasteiger charge is -2.06. The van der Waals surface area contributed by atoms with Crippen LogP contribution in [0.1, 0.15) is 6.92 Å². The maximum absolute atomic E-state index is 12.5. The third-order valence-electron chi connectivity index (χ3n) is 3.72. The number of H-pyrrole nitrogens is 2. The van der Waals surface area contributed by atoms with Crippen molar-refractivity contribution in [2.75, 3.05) is 5.32 Å². The van der Waals surface area contributed by atoms with Gasteiger partial charge in [-0.1, -0.05) is 11.6 Å². The lowest BCUT2D eigenvalue weighted by Crippen LogP contribution is -2.14. The fourth-order valence-electron chi connectivity index (χ4n) is 2.41. The Bertz CT molecular complexity index is 1240. The van der Waals surface area contributed by atoms with E-state index < -0.39 is 33.7 Å². The van der Waals surface area contributed by atoms with E-state index >= 15 is 0 Å². The second-order valence-electron chi connectivity index (χ2n) is 5.82. The molecule has 0 atom stereocenters. The number of hydrogen-bond donors (Lipinski definition) is 4. The normalized spacial score (nSPS) is 12.2. The Kier molecular flexibility index (Phi) is 5.41. The zero-order valence-corrected chi connectivity index (χ0v) is 15.5. The highest BCUT2D eigenvalue weighted by Gasteiger charge is 2.17. The van der Waals surface area contributed by atoms with Crippen LogP contribution >= 0.6 is 11.6 Å². The number of nitrogens with one attached hydrogen (secondary N) is 3. The maximum Gasteiger partial charge on any atom is 0.323 e. The Labute approximate surface area is 166 Å². The number of aromatic nitrogens is 2. The summed E-state index contributed by atoms with van der Waals surface area (Å²) in [6.07, 6.45) is 0. The number of allylic oxidation sites excluding steroid dienone is 1. The first kappa shape index (κ1) is 19.8. The summed E-state index contributed by atoms with van der Waals surface area (Å²) in [6.45, 7) is 1.22. The molecule has 0 aliphatic carbocycles. The first-order chi connectivity index (χ1) is 13.7. The number of carbonyl (C=O) groups is 1. The maximum atomic E-state index is 12.5. The standard InChI is InChI=1S/C17H13ClN6O5/c1-8(25)15(23-22-12-4-2-9(18)6-14(12)24(28)29)16(26)19-10-3-5-11-13(7-10)21-17(27)20-11/h2-7,25H,1H3,(H,19,26)(H2,20,21,27)/b15-8+,23-22?. The molecule has 3 aromatic rings. The van der Waals surface area contributed by atoms with E-state index in [1.165, 1.54) is 31.2 Å². The van der Waals surface area contributed by atoms with Crippen molar-refractivity contribution >= 4 is 45.6 Å². The summed E-state index contributed by atoms with van der Waals surface area (Å²) in [7, 11) is 0. The number of aliphatic hydroxyl groups excluding tert-OH is 1. The van der Waals surface area contributed by atoms with Crippen LogP contribution in [0.4, 0.5) is 17.1 Å². The van der Waals surface area contributed by atoms with Crippen LogP contribution in [-0.2, 0) is 4.79 Å². The van der Waals surface area contributed by atoms with E-state index in [0.717, 1.165) is 6.07 Å². The highest BCUT2D eigenvalue weighted by atomic mass is 35.5. The van der Waals surface area contributed by atoms with Gasteiger partial charge in [0.05, 0.1) is 16.0 Å². The quantitative estimate of drug-likeness (QED) is 0.162. The van der Waals surface area contributed by atoms with E-state index in [0.29, 0.717) is 16.7 Å². The highest BCUT2D eigenvalue weighted by Crippen LogP contribution is 2.31. The first-order valence-electron chi connectivity index (χ1n) is 8.03. The number of aromatic amines is 2. The molecule has 0 saturated carbocycles. The molecule has 0 saturated heterocycles. The number of halogens is 1. The molecule has 29 heavy (non-hydrogen) atoms. The number of imidazole rings is 1. The molecule has 1 heterocycles. The van der Waals surface area contributed by atoms with Gasteiger partial charge in [0.15, 0.2) is 11.4 Å². The number of carbonyl (C=O) groups excluding carboxylic acids is 1. The smallest absolute Gasteiger partial charge is 0.323 e. The summed E-state index contributed by atoms with van der Waals surface area (Å²) >= 11 is 5.74. The SMILES string of the molecule is C/C(O)=C(\N=Nc1ccc(Cl)cc1[N+](=O)[O-])C(=O)Nc1ccc2[nH]c(=O)[nH]c2c1. The largest absolute Gasteiger partial charge is 0.510 e. The average molecular weight is 417 g/mol. The number of azo groups is 1. The fourth-order valence-corrected chi connectivity index (χ4v) is 2.58. The van der Waals surface area contributed by atoms with E-state index in [2.05, 4.69) is 25.5 Å². The summed E-state index contributed by atoms with van der Waals surface area (Å²) < 4.78 is 0. The van der Waals surface area contributed by atoms with Crippen molar-refractivity contribution in [1.29, 1.82) is 0 Å². The van der Waals surface area contributed by atoms with Crippen molar-refractivity contribution in [2.24, 2.45) is 10.2 Å². The van der Waals surface area contributed by atoms with Crippen LogP contribution in [0.15, 0.2) is 62.9 Å². The fraction of sp³-hybridized carbons (Fsp3) is 0.0588. The Morgan fingerprint density at radius 2 is 1.93 bits per heavy atom. The zero-order valence-electron chi connectivity index (χ0n) is 14.8. The van der Waals surface area contributed by atoms with Crippen LogP contribution in [0.5, 0.6) is 0 Å². The van der Waals surface area contributed by atoms with Gasteiger partial charge >= 0.3 is 5.69 Å². The van der Waals surface area contributed by atoms with Crippen LogP contribution in [0.3, 0.4) is 0 Å². The molecule has 0 bridgehead atoms. The minimum absolute atomic E-state index is 0.140. The number of aliphatic hydroxyl groups is 1. The summed E-state index contributed by atoms with van der Waals surface area (Å²) in [5.41, 5.74) is -0.0419. The van der Waals surface area contributed by atoms with Crippen LogP contribution in [0, 0.1) is 10.1 Å². The molecule has 4 N–H and O–H groups in total. The molecule has 0 aliphatic rings. The van der Waals surface area contributed by atoms with Crippen molar-refractivity contribution in [3.63, 3.8) is 0 Å². The van der Waals surface area contributed by atoms with Gasteiger partial charge in [0.25, 0.3) is 11.6 Å². The van der Waals surface area contributed by atoms with Gasteiger partial charge in [-0.2, -0.15) is 0 Å². The van der Waals surface area contributed by atoms with Crippen molar-refractivity contribution in [1.82, 2.24) is 9.97 Å². The molecule has 0 radical (unpaired) electrons. The van der Waals surface area contributed by atoms with E-state index in [1.54, 1.807) is 6.07 Å². The topological polar surface area (TPSA) is 166 Å². The molecule has 3 rings (SSSR count). The van der Waals surface area contributed by atoms with E-state index in [1.807, 2.05) is 0 Å². The summed E-state index contributed by atoms with van der Waals surface area (Å²) in [5.74, 6) is -1.25. The van der Waals surface area contributed by atoms with Gasteiger partial charge in [-0.15, -0.1) is 10.2 Å². The second kappa shape index (κ2) is 7.94. The number of hydrogen-bond acceptors (Lipinski definition) is 7. The van der Waals surface area contributed by atoms with Crippen LogP contribution in [-0.4, -0.2) is 25.9 Å². The van der Waals surface area contributed by atoms with Crippen molar-refractivity contribution in [3.8, 4) is 0 Å². The number of anilines is 1. The lowest BCUT2D eigenvalue weighted by atomic mass is 10.2. The second-order valence-corrected chi connectivity index (χ2v) is 6.25. The third-order valence-corrected chi connectivity index (χ3v) is 3.96. The van der Waals surface area contributed by atoms with Crippen molar-refractivity contribution in [2.45, 2.75) is 6.92 Å². The Morgan fingerprint density at radius 3 is 2.62 bits per heavy atom. The third kappa shape index (κ3) is 4.47. The van der Waals surface area contributed by atoms with Crippen LogP contribution in [0.2, 0.25) is 5.02 Å². The Balaban J connectivity index is 1.87. The lowest BCUT2D eigenvalue weighted by molar-refractivity contribution is -0.384. The minimum Gasteiger partial charge on any atom is -0.510 e. The van der Waals surface area contributed by atoms with Gasteiger partial charge in [-0.25, -0.2) is 4.79 Å². The van der Waals surface area contributed by atoms with E-state index in [-0.39, 0.29) is 10.7 Å². The van der Waals surface area contributed by atoms with Crippen LogP contribution in [0.25, 0.3) is 11.0 Å². The molecule has 0 aliphatic heterocycles. The summed E-state index contributed by atoms with van der Waals surface area (Å²) in [4.78, 5) is 39.3. The molecule has 1 aromatic heterocycles. The van der Waals surface area contributed by atoms with Gasteiger partial charge in [-0.3, -0.25) is 14.9 Å². The van der Waals surface area contributed by atoms with Gasteiger partial charge in [0.1, 0.15) is 5.76 Å². The molecule has 2 aromatic carbocycles. The number of rotatable bonds is 5. The Morgan fingerprint density at radius 1 is 1.21 bits per heavy atom. The molecule has 0 unspecified atom stereocenters. The number of nitro benzene ring substituents is 1. The molecular weight excluding hydrogens is 404 g/mol. The predicted octanol–water partition coefficient (Wildman–Crippen LogP) is 3.93. The number of benzene rings is 2. The van der Waals surface area contributed by atoms with E-state index in [9.17, 15) is 24.8 Å². The molecular formula is C17H13ClN6O5. The minimum atomic E-state index is -0.803. The molecule has 1 amide bonds. The highest BCUT2D eigenvalue weighted by molar-refractivity contribution is 6.30. The number of nitro groups is 1. The number of nitrogens with zero attached hydrogens (tertiary/aromatic N) is 3. The van der Waals surface area contributed by atoms with Crippen molar-refractivity contribution in [3.05, 3.63) is 73.5 Å². The molecule has 11 nitrogen and oxygen atoms in total. The molecule has 12 heteroatoms. The molecule has 0 fully saturated rings.